The molecule has 0 saturated carbocycles. The number of halogens is 1. The monoisotopic (exact) mass is 580 g/mol. The van der Waals surface area contributed by atoms with E-state index in [-0.39, 0.29) is 11.3 Å². The van der Waals surface area contributed by atoms with Gasteiger partial charge < -0.3 is 24.4 Å². The number of amides is 1. The number of rotatable bonds is 1. The Bertz CT molecular complexity index is 1330. The molecule has 5 rings (SSSR count). The number of fused-ring (bicyclic) bond motifs is 3. The van der Waals surface area contributed by atoms with E-state index in [2.05, 4.69) is 23.1 Å². The molecular formula is C33H41ClN2O5. The van der Waals surface area contributed by atoms with E-state index in [0.29, 0.717) is 24.5 Å². The average Bonchev–Trinajstić information content (AvgIpc) is 3.13. The number of aryl methyl sites for hydroxylation is 1. The number of carbonyl (C=O) groups is 2. The molecule has 1 amide bonds. The van der Waals surface area contributed by atoms with Gasteiger partial charge in [0.25, 0.3) is 0 Å². The van der Waals surface area contributed by atoms with Crippen molar-refractivity contribution >= 4 is 29.2 Å². The number of carbonyl (C=O) groups excluding carboxylic acids is 2. The van der Waals surface area contributed by atoms with Crippen LogP contribution < -0.4 is 9.64 Å². The summed E-state index contributed by atoms with van der Waals surface area (Å²) in [6.45, 7) is 4.06. The molecule has 3 aliphatic rings. The highest BCUT2D eigenvalue weighted by Gasteiger charge is 2.50. The SMILES string of the molecule is COC(=O)[C@]1(O)c2ccc3c(c2)N(CCCCC/C=C/CN(C)C(=O)[C@@H]1C)C[C@@]1(CCCc2cc(Cl)ccc21)CO3. The van der Waals surface area contributed by atoms with Gasteiger partial charge in [-0.2, -0.15) is 0 Å². The minimum Gasteiger partial charge on any atom is -0.490 e. The lowest BCUT2D eigenvalue weighted by Gasteiger charge is -2.41. The van der Waals surface area contributed by atoms with Gasteiger partial charge in [-0.25, -0.2) is 4.79 Å². The number of likely N-dealkylation sites (N-methyl/N-ethyl adjacent to an activating group) is 1. The van der Waals surface area contributed by atoms with Crippen LogP contribution >= 0.6 is 11.6 Å². The van der Waals surface area contributed by atoms with E-state index in [0.717, 1.165) is 68.7 Å². The number of hydrogen-bond acceptors (Lipinski definition) is 6. The van der Waals surface area contributed by atoms with Gasteiger partial charge in [-0.3, -0.25) is 4.79 Å². The number of benzene rings is 2. The normalized spacial score (nSPS) is 27.9. The molecule has 0 aromatic heterocycles. The first kappa shape index (κ1) is 29.5. The third-order valence-electron chi connectivity index (χ3n) is 9.19. The van der Waals surface area contributed by atoms with Gasteiger partial charge >= 0.3 is 5.97 Å². The topological polar surface area (TPSA) is 79.3 Å². The molecule has 2 aromatic rings. The van der Waals surface area contributed by atoms with Crippen molar-refractivity contribution in [2.45, 2.75) is 62.9 Å². The molecule has 2 bridgehead atoms. The summed E-state index contributed by atoms with van der Waals surface area (Å²) in [4.78, 5) is 30.5. The summed E-state index contributed by atoms with van der Waals surface area (Å²) in [6.07, 6.45) is 11.2. The molecule has 0 unspecified atom stereocenters. The van der Waals surface area contributed by atoms with Crippen molar-refractivity contribution < 1.29 is 24.2 Å². The van der Waals surface area contributed by atoms with Gasteiger partial charge in [0, 0.05) is 37.1 Å². The highest BCUT2D eigenvalue weighted by atomic mass is 35.5. The van der Waals surface area contributed by atoms with Gasteiger partial charge in [0.15, 0.2) is 5.60 Å². The average molecular weight is 581 g/mol. The number of aliphatic hydroxyl groups is 1. The number of nitrogens with zero attached hydrogens (tertiary/aromatic N) is 2. The van der Waals surface area contributed by atoms with Crippen molar-refractivity contribution in [3.05, 3.63) is 70.3 Å². The number of allylic oxidation sites excluding steroid dienone is 1. The third kappa shape index (κ3) is 5.59. The fourth-order valence-corrected chi connectivity index (χ4v) is 6.97. The summed E-state index contributed by atoms with van der Waals surface area (Å²) in [6, 6.07) is 11.5. The zero-order chi connectivity index (χ0) is 29.2. The molecular weight excluding hydrogens is 540 g/mol. The van der Waals surface area contributed by atoms with E-state index in [1.165, 1.54) is 23.1 Å². The summed E-state index contributed by atoms with van der Waals surface area (Å²) in [7, 11) is 2.92. The summed E-state index contributed by atoms with van der Waals surface area (Å²) in [5.41, 5.74) is 1.32. The molecule has 220 valence electrons. The highest BCUT2D eigenvalue weighted by molar-refractivity contribution is 6.30. The lowest BCUT2D eigenvalue weighted by molar-refractivity contribution is -0.175. The minimum absolute atomic E-state index is 0.217. The Balaban J connectivity index is 1.61. The van der Waals surface area contributed by atoms with Crippen molar-refractivity contribution in [2.24, 2.45) is 5.92 Å². The van der Waals surface area contributed by atoms with Crippen LogP contribution in [0.25, 0.3) is 0 Å². The molecule has 2 aliphatic heterocycles. The zero-order valence-electron chi connectivity index (χ0n) is 24.3. The van der Waals surface area contributed by atoms with Crippen LogP contribution in [-0.4, -0.2) is 62.3 Å². The van der Waals surface area contributed by atoms with Crippen molar-refractivity contribution in [3.63, 3.8) is 0 Å². The Morgan fingerprint density at radius 3 is 2.76 bits per heavy atom. The minimum atomic E-state index is -2.17. The van der Waals surface area contributed by atoms with Gasteiger partial charge in [0.05, 0.1) is 25.3 Å². The number of hydrogen-bond donors (Lipinski definition) is 1. The Morgan fingerprint density at radius 1 is 1.12 bits per heavy atom. The summed E-state index contributed by atoms with van der Waals surface area (Å²) < 4.78 is 11.6. The Hall–Kier alpha value is -3.03. The first-order valence-electron chi connectivity index (χ1n) is 14.7. The van der Waals surface area contributed by atoms with E-state index in [9.17, 15) is 14.7 Å². The maximum atomic E-state index is 13.4. The van der Waals surface area contributed by atoms with Crippen molar-refractivity contribution in [2.75, 3.05) is 45.3 Å². The van der Waals surface area contributed by atoms with Crippen molar-refractivity contribution in [1.29, 1.82) is 0 Å². The van der Waals surface area contributed by atoms with Crippen LogP contribution in [0.2, 0.25) is 5.02 Å². The van der Waals surface area contributed by atoms with E-state index in [1.54, 1.807) is 20.0 Å². The molecule has 2 heterocycles. The maximum Gasteiger partial charge on any atom is 0.343 e. The smallest absolute Gasteiger partial charge is 0.343 e. The van der Waals surface area contributed by atoms with Crippen LogP contribution in [0.1, 0.15) is 62.1 Å². The number of anilines is 1. The molecule has 0 saturated heterocycles. The second-order valence-electron chi connectivity index (χ2n) is 11.8. The molecule has 0 fully saturated rings. The number of esters is 1. The first-order chi connectivity index (χ1) is 19.7. The van der Waals surface area contributed by atoms with Crippen LogP contribution in [0.4, 0.5) is 5.69 Å². The van der Waals surface area contributed by atoms with Crippen LogP contribution in [0.5, 0.6) is 5.75 Å². The third-order valence-corrected chi connectivity index (χ3v) is 9.43. The molecule has 1 N–H and O–H groups in total. The molecule has 0 radical (unpaired) electrons. The maximum absolute atomic E-state index is 13.4. The lowest BCUT2D eigenvalue weighted by atomic mass is 9.70. The Morgan fingerprint density at radius 2 is 1.95 bits per heavy atom. The zero-order valence-corrected chi connectivity index (χ0v) is 25.1. The van der Waals surface area contributed by atoms with E-state index in [4.69, 9.17) is 21.1 Å². The predicted octanol–water partition coefficient (Wildman–Crippen LogP) is 5.40. The number of methoxy groups -OCH3 is 1. The summed E-state index contributed by atoms with van der Waals surface area (Å²) in [5, 5.41) is 12.7. The quantitative estimate of drug-likeness (QED) is 0.359. The Kier molecular flexibility index (Phi) is 8.67. The molecule has 1 aliphatic carbocycles. The van der Waals surface area contributed by atoms with Crippen molar-refractivity contribution in [1.82, 2.24) is 4.90 Å². The standard InChI is InChI=1S/C33H41ClN2O5/c1-23-30(37)35(2)17-8-6-4-5-7-9-18-36-21-32(16-10-11-24-19-26(34)13-14-27(24)32)22-41-29-15-12-25(20-28(29)36)33(23,39)31(38)40-3/h6,8,12-15,19-20,23,39H,4-5,7,9-11,16-18,21-22H2,1-3H3/b8-6+/t23-,32-,33+/m0/s1. The molecule has 1 spiro atoms. The fourth-order valence-electron chi connectivity index (χ4n) is 6.78. The van der Waals surface area contributed by atoms with E-state index < -0.39 is 17.5 Å². The van der Waals surface area contributed by atoms with Gasteiger partial charge in [0.1, 0.15) is 5.75 Å². The van der Waals surface area contributed by atoms with E-state index in [1.807, 2.05) is 24.3 Å². The van der Waals surface area contributed by atoms with Crippen LogP contribution in [-0.2, 0) is 31.8 Å². The second-order valence-corrected chi connectivity index (χ2v) is 12.3. The first-order valence-corrected chi connectivity index (χ1v) is 15.1. The largest absolute Gasteiger partial charge is 0.490 e. The van der Waals surface area contributed by atoms with Gasteiger partial charge in [-0.05, 0) is 86.4 Å². The van der Waals surface area contributed by atoms with Crippen LogP contribution in [0.3, 0.4) is 0 Å². The van der Waals surface area contributed by atoms with E-state index >= 15 is 0 Å². The van der Waals surface area contributed by atoms with Gasteiger partial charge in [-0.15, -0.1) is 0 Å². The van der Waals surface area contributed by atoms with Gasteiger partial charge in [-0.1, -0.05) is 42.3 Å². The highest BCUT2D eigenvalue weighted by Crippen LogP contribution is 2.46. The molecule has 41 heavy (non-hydrogen) atoms. The van der Waals surface area contributed by atoms with Crippen LogP contribution in [0, 0.1) is 5.92 Å². The summed E-state index contributed by atoms with van der Waals surface area (Å²) in [5.74, 6) is -1.56. The molecule has 3 atom stereocenters. The number of ether oxygens (including phenoxy) is 2. The molecule has 2 aromatic carbocycles. The predicted molar refractivity (Wildman–Crippen MR) is 161 cm³/mol. The summed E-state index contributed by atoms with van der Waals surface area (Å²) >= 11 is 6.38. The van der Waals surface area contributed by atoms with Crippen LogP contribution in [0.15, 0.2) is 48.6 Å². The lowest BCUT2D eigenvalue weighted by Crippen LogP contribution is -2.50. The molecule has 8 heteroatoms. The van der Waals surface area contributed by atoms with Crippen molar-refractivity contribution in [3.8, 4) is 5.75 Å². The Labute approximate surface area is 248 Å². The second kappa shape index (κ2) is 12.1. The van der Waals surface area contributed by atoms with Gasteiger partial charge in [0.2, 0.25) is 5.91 Å². The fraction of sp³-hybridized carbons (Fsp3) is 0.515. The molecule has 7 nitrogen and oxygen atoms in total.